The molecule has 8 heteroatoms. The fourth-order valence-electron chi connectivity index (χ4n) is 4.45. The Labute approximate surface area is 194 Å². The predicted octanol–water partition coefficient (Wildman–Crippen LogP) is 4.05. The van der Waals surface area contributed by atoms with Gasteiger partial charge in [-0.25, -0.2) is 4.39 Å². The molecule has 1 atom stereocenters. The van der Waals surface area contributed by atoms with Crippen molar-refractivity contribution in [2.24, 2.45) is 0 Å². The molecule has 3 aromatic carbocycles. The molecule has 0 bridgehead atoms. The lowest BCUT2D eigenvalue weighted by molar-refractivity contribution is -0.124. The minimum Gasteiger partial charge on any atom is -0.325 e. The summed E-state index contributed by atoms with van der Waals surface area (Å²) in [6.45, 7) is 1.68. The van der Waals surface area contributed by atoms with E-state index in [1.165, 1.54) is 45.8 Å². The highest BCUT2D eigenvalue weighted by molar-refractivity contribution is 8.02. The van der Waals surface area contributed by atoms with Gasteiger partial charge in [-0.3, -0.25) is 24.2 Å². The van der Waals surface area contributed by atoms with Crippen LogP contribution in [-0.2, 0) is 19.3 Å². The molecular weight excluding hydrogens is 441 g/mol. The standard InChI is InChI=1S/C25H20FN3O3S/c1-16-6-5-9-20-23(16)28(14-21(30)27-18-7-3-2-4-8-18)24(32)25(20)29(22(31)15-33-25)19-12-10-17(26)11-13-19/h2-13H,14-15H2,1H3,(H,27,30)/t25-/m1/s1. The molecule has 2 heterocycles. The minimum atomic E-state index is -1.34. The fourth-order valence-corrected chi connectivity index (χ4v) is 5.80. The maximum atomic E-state index is 14.0. The third-order valence-corrected chi connectivity index (χ3v) is 7.21. The van der Waals surface area contributed by atoms with Gasteiger partial charge in [-0.2, -0.15) is 0 Å². The van der Waals surface area contributed by atoms with Crippen molar-refractivity contribution in [1.82, 2.24) is 0 Å². The van der Waals surface area contributed by atoms with Crippen LogP contribution in [0, 0.1) is 12.7 Å². The molecule has 1 saturated heterocycles. The zero-order valence-electron chi connectivity index (χ0n) is 17.7. The largest absolute Gasteiger partial charge is 0.325 e. The Hall–Kier alpha value is -3.65. The average molecular weight is 462 g/mol. The summed E-state index contributed by atoms with van der Waals surface area (Å²) in [5.41, 5.74) is 3.17. The molecule has 0 aromatic heterocycles. The second-order valence-electron chi connectivity index (χ2n) is 7.91. The van der Waals surface area contributed by atoms with E-state index in [2.05, 4.69) is 5.32 Å². The Kier molecular flexibility index (Phi) is 5.17. The molecule has 1 spiro atoms. The van der Waals surface area contributed by atoms with Crippen LogP contribution >= 0.6 is 11.8 Å². The maximum Gasteiger partial charge on any atom is 0.269 e. The number of anilines is 3. The van der Waals surface area contributed by atoms with Gasteiger partial charge in [0.05, 0.1) is 11.4 Å². The van der Waals surface area contributed by atoms with Crippen LogP contribution in [0.15, 0.2) is 72.8 Å². The van der Waals surface area contributed by atoms with Crippen molar-refractivity contribution in [1.29, 1.82) is 0 Å². The first kappa shape index (κ1) is 21.2. The molecule has 5 rings (SSSR count). The summed E-state index contributed by atoms with van der Waals surface area (Å²) in [6.07, 6.45) is 0. The number of rotatable bonds is 4. The van der Waals surface area contributed by atoms with Gasteiger partial charge in [0, 0.05) is 16.9 Å². The summed E-state index contributed by atoms with van der Waals surface area (Å²) in [4.78, 5) is 41.4. The Balaban J connectivity index is 1.56. The highest BCUT2D eigenvalue weighted by Crippen LogP contribution is 2.56. The summed E-state index contributed by atoms with van der Waals surface area (Å²) in [5.74, 6) is -1.29. The fraction of sp³-hybridized carbons (Fsp3) is 0.160. The molecule has 0 unspecified atom stereocenters. The van der Waals surface area contributed by atoms with Crippen LogP contribution in [0.3, 0.4) is 0 Å². The molecule has 1 N–H and O–H groups in total. The molecule has 3 aromatic rings. The first-order valence-electron chi connectivity index (χ1n) is 10.4. The van der Waals surface area contributed by atoms with Gasteiger partial charge in [-0.05, 0) is 48.9 Å². The molecule has 1 fully saturated rings. The second kappa shape index (κ2) is 8.04. The number of thioether (sulfide) groups is 1. The summed E-state index contributed by atoms with van der Waals surface area (Å²) in [7, 11) is 0. The molecule has 0 radical (unpaired) electrons. The number of para-hydroxylation sites is 2. The van der Waals surface area contributed by atoms with Gasteiger partial charge in [-0.1, -0.05) is 36.4 Å². The van der Waals surface area contributed by atoms with Crippen LogP contribution in [0.5, 0.6) is 0 Å². The normalized spacial score (nSPS) is 19.3. The predicted molar refractivity (Wildman–Crippen MR) is 127 cm³/mol. The number of benzene rings is 3. The van der Waals surface area contributed by atoms with E-state index in [9.17, 15) is 18.8 Å². The Morgan fingerprint density at radius 1 is 1.03 bits per heavy atom. The molecule has 2 aliphatic rings. The van der Waals surface area contributed by atoms with Gasteiger partial charge in [-0.15, -0.1) is 11.8 Å². The zero-order valence-corrected chi connectivity index (χ0v) is 18.6. The van der Waals surface area contributed by atoms with E-state index >= 15 is 0 Å². The highest BCUT2D eigenvalue weighted by Gasteiger charge is 2.61. The first-order chi connectivity index (χ1) is 15.9. The van der Waals surface area contributed by atoms with Crippen molar-refractivity contribution in [3.63, 3.8) is 0 Å². The van der Waals surface area contributed by atoms with E-state index in [-0.39, 0.29) is 30.0 Å². The van der Waals surface area contributed by atoms with Crippen LogP contribution in [0.2, 0.25) is 0 Å². The summed E-state index contributed by atoms with van der Waals surface area (Å²) in [6, 6.07) is 20.1. The lowest BCUT2D eigenvalue weighted by Crippen LogP contribution is -2.50. The van der Waals surface area contributed by atoms with Gasteiger partial charge in [0.2, 0.25) is 16.7 Å². The van der Waals surface area contributed by atoms with Crippen LogP contribution in [-0.4, -0.2) is 30.0 Å². The number of hydrogen-bond acceptors (Lipinski definition) is 4. The van der Waals surface area contributed by atoms with E-state index in [1.54, 1.807) is 12.1 Å². The molecule has 0 aliphatic carbocycles. The van der Waals surface area contributed by atoms with E-state index in [4.69, 9.17) is 0 Å². The number of amides is 3. The number of carbonyl (C=O) groups is 3. The molecule has 2 aliphatic heterocycles. The van der Waals surface area contributed by atoms with E-state index in [0.29, 0.717) is 22.6 Å². The van der Waals surface area contributed by atoms with Crippen molar-refractivity contribution in [2.45, 2.75) is 11.8 Å². The first-order valence-corrected chi connectivity index (χ1v) is 11.4. The monoisotopic (exact) mass is 461 g/mol. The number of nitrogens with one attached hydrogen (secondary N) is 1. The van der Waals surface area contributed by atoms with Crippen molar-refractivity contribution in [2.75, 3.05) is 27.4 Å². The van der Waals surface area contributed by atoms with E-state index in [0.717, 1.165) is 5.56 Å². The maximum absolute atomic E-state index is 14.0. The van der Waals surface area contributed by atoms with Crippen LogP contribution in [0.4, 0.5) is 21.5 Å². The van der Waals surface area contributed by atoms with Crippen LogP contribution in [0.1, 0.15) is 11.1 Å². The summed E-state index contributed by atoms with van der Waals surface area (Å²) in [5, 5.41) is 2.81. The van der Waals surface area contributed by atoms with Gasteiger partial charge in [0.25, 0.3) is 5.91 Å². The van der Waals surface area contributed by atoms with Gasteiger partial charge < -0.3 is 5.32 Å². The Morgan fingerprint density at radius 2 is 1.76 bits per heavy atom. The lowest BCUT2D eigenvalue weighted by atomic mass is 10.0. The van der Waals surface area contributed by atoms with Gasteiger partial charge in [0.15, 0.2) is 0 Å². The molecular formula is C25H20FN3O3S. The van der Waals surface area contributed by atoms with E-state index < -0.39 is 10.7 Å². The number of halogens is 1. The van der Waals surface area contributed by atoms with Crippen LogP contribution in [0.25, 0.3) is 0 Å². The van der Waals surface area contributed by atoms with Crippen molar-refractivity contribution < 1.29 is 18.8 Å². The Bertz CT molecular complexity index is 1270. The molecule has 166 valence electrons. The molecule has 0 saturated carbocycles. The zero-order chi connectivity index (χ0) is 23.2. The van der Waals surface area contributed by atoms with Crippen molar-refractivity contribution >= 4 is 46.5 Å². The van der Waals surface area contributed by atoms with Gasteiger partial charge in [0.1, 0.15) is 12.4 Å². The average Bonchev–Trinajstić information content (AvgIpc) is 3.27. The number of fused-ring (bicyclic) bond motifs is 2. The second-order valence-corrected chi connectivity index (χ2v) is 9.08. The summed E-state index contributed by atoms with van der Waals surface area (Å²) < 4.78 is 13.6. The quantitative estimate of drug-likeness (QED) is 0.637. The lowest BCUT2D eigenvalue weighted by Gasteiger charge is -2.33. The molecule has 33 heavy (non-hydrogen) atoms. The SMILES string of the molecule is Cc1cccc2c1N(CC(=O)Nc1ccccc1)C(=O)[C@]21SCC(=O)N1c1ccc(F)cc1. The minimum absolute atomic E-state index is 0.0978. The van der Waals surface area contributed by atoms with Crippen molar-refractivity contribution in [3.8, 4) is 0 Å². The molecule has 6 nitrogen and oxygen atoms in total. The number of hydrogen-bond donors (Lipinski definition) is 1. The topological polar surface area (TPSA) is 69.7 Å². The number of nitrogens with zero attached hydrogens (tertiary/aromatic N) is 2. The smallest absolute Gasteiger partial charge is 0.269 e. The number of aryl methyl sites for hydroxylation is 1. The third kappa shape index (κ3) is 3.38. The Morgan fingerprint density at radius 3 is 2.48 bits per heavy atom. The van der Waals surface area contributed by atoms with Crippen molar-refractivity contribution in [3.05, 3.63) is 89.7 Å². The van der Waals surface area contributed by atoms with E-state index in [1.807, 2.05) is 43.3 Å². The van der Waals surface area contributed by atoms with Crippen LogP contribution < -0.4 is 15.1 Å². The summed E-state index contributed by atoms with van der Waals surface area (Å²) >= 11 is 1.22. The highest BCUT2D eigenvalue weighted by atomic mass is 32.2. The molecule has 3 amide bonds. The van der Waals surface area contributed by atoms with Gasteiger partial charge >= 0.3 is 0 Å². The third-order valence-electron chi connectivity index (χ3n) is 5.82. The number of carbonyl (C=O) groups excluding carboxylic acids is 3.